The first-order valence-corrected chi connectivity index (χ1v) is 6.44. The van der Waals surface area contributed by atoms with Crippen LogP contribution in [0.5, 0.6) is 5.75 Å². The van der Waals surface area contributed by atoms with Crippen molar-refractivity contribution in [2.45, 2.75) is 33.6 Å². The maximum absolute atomic E-state index is 13.2. The first-order chi connectivity index (χ1) is 8.92. The van der Waals surface area contributed by atoms with Crippen LogP contribution in [-0.4, -0.2) is 18.3 Å². The first kappa shape index (κ1) is 15.5. The quantitative estimate of drug-likeness (QED) is 0.845. The molecule has 0 atom stereocenters. The molecule has 0 heterocycles. The van der Waals surface area contributed by atoms with Crippen LogP contribution in [-0.2, 0) is 0 Å². The predicted octanol–water partition coefficient (Wildman–Crippen LogP) is 3.37. The van der Waals surface area contributed by atoms with E-state index in [2.05, 4.69) is 32.6 Å². The van der Waals surface area contributed by atoms with Gasteiger partial charge in [0.15, 0.2) is 0 Å². The third-order valence-electron chi connectivity index (χ3n) is 2.51. The van der Waals surface area contributed by atoms with Crippen molar-refractivity contribution in [2.75, 3.05) is 13.2 Å². The van der Waals surface area contributed by atoms with Gasteiger partial charge in [-0.15, -0.1) is 0 Å². The molecule has 104 valence electrons. The lowest BCUT2D eigenvalue weighted by Gasteiger charge is -2.18. The zero-order valence-electron chi connectivity index (χ0n) is 11.8. The number of ether oxygens (including phenoxy) is 1. The Balaban J connectivity index is 2.75. The van der Waals surface area contributed by atoms with E-state index in [-0.39, 0.29) is 17.8 Å². The second kappa shape index (κ2) is 7.16. The zero-order valence-corrected chi connectivity index (χ0v) is 11.8. The number of hydrogen-bond donors (Lipinski definition) is 1. The SMILES string of the molecule is CC(C)(C)CCOc1cc(F)ccc1C#CCCO. The molecule has 19 heavy (non-hydrogen) atoms. The van der Waals surface area contributed by atoms with Crippen molar-refractivity contribution >= 4 is 0 Å². The maximum Gasteiger partial charge on any atom is 0.137 e. The largest absolute Gasteiger partial charge is 0.492 e. The van der Waals surface area contributed by atoms with E-state index >= 15 is 0 Å². The molecule has 0 unspecified atom stereocenters. The van der Waals surface area contributed by atoms with E-state index < -0.39 is 0 Å². The minimum absolute atomic E-state index is 0.0222. The summed E-state index contributed by atoms with van der Waals surface area (Å²) in [5.41, 5.74) is 0.833. The van der Waals surface area contributed by atoms with Crippen LogP contribution < -0.4 is 4.74 Å². The molecule has 1 rings (SSSR count). The molecule has 0 saturated heterocycles. The summed E-state index contributed by atoms with van der Waals surface area (Å²) in [6, 6.07) is 4.32. The molecule has 0 aliphatic carbocycles. The van der Waals surface area contributed by atoms with Crippen molar-refractivity contribution in [3.8, 4) is 17.6 Å². The van der Waals surface area contributed by atoms with Gasteiger partial charge >= 0.3 is 0 Å². The molecular weight excluding hydrogens is 243 g/mol. The number of benzene rings is 1. The molecule has 0 spiro atoms. The summed E-state index contributed by atoms with van der Waals surface area (Å²) < 4.78 is 18.8. The van der Waals surface area contributed by atoms with Crippen molar-refractivity contribution < 1.29 is 14.2 Å². The van der Waals surface area contributed by atoms with Crippen molar-refractivity contribution in [1.82, 2.24) is 0 Å². The fraction of sp³-hybridized carbons (Fsp3) is 0.500. The minimum atomic E-state index is -0.335. The van der Waals surface area contributed by atoms with Crippen LogP contribution in [0.1, 0.15) is 39.2 Å². The van der Waals surface area contributed by atoms with E-state index in [9.17, 15) is 4.39 Å². The third kappa shape index (κ3) is 6.26. The lowest BCUT2D eigenvalue weighted by atomic mass is 9.93. The smallest absolute Gasteiger partial charge is 0.137 e. The lowest BCUT2D eigenvalue weighted by molar-refractivity contribution is 0.242. The monoisotopic (exact) mass is 264 g/mol. The Morgan fingerprint density at radius 3 is 2.68 bits per heavy atom. The van der Waals surface area contributed by atoms with Crippen LogP contribution in [0, 0.1) is 23.1 Å². The highest BCUT2D eigenvalue weighted by Crippen LogP contribution is 2.22. The zero-order chi connectivity index (χ0) is 14.3. The van der Waals surface area contributed by atoms with E-state index in [1.165, 1.54) is 12.1 Å². The molecule has 0 radical (unpaired) electrons. The Morgan fingerprint density at radius 1 is 1.32 bits per heavy atom. The molecule has 1 aromatic rings. The van der Waals surface area contributed by atoms with Gasteiger partial charge in [-0.05, 0) is 24.0 Å². The lowest BCUT2D eigenvalue weighted by Crippen LogP contribution is -2.11. The van der Waals surface area contributed by atoms with Crippen molar-refractivity contribution in [2.24, 2.45) is 5.41 Å². The van der Waals surface area contributed by atoms with Crippen LogP contribution >= 0.6 is 0 Å². The maximum atomic E-state index is 13.2. The van der Waals surface area contributed by atoms with E-state index in [0.717, 1.165) is 6.42 Å². The highest BCUT2D eigenvalue weighted by Gasteiger charge is 2.11. The summed E-state index contributed by atoms with van der Waals surface area (Å²) in [4.78, 5) is 0. The van der Waals surface area contributed by atoms with Crippen LogP contribution in [0.4, 0.5) is 4.39 Å². The van der Waals surface area contributed by atoms with Gasteiger partial charge in [0.25, 0.3) is 0 Å². The number of aliphatic hydroxyl groups is 1. The molecule has 0 aromatic heterocycles. The van der Waals surface area contributed by atoms with Crippen molar-refractivity contribution in [1.29, 1.82) is 0 Å². The molecule has 0 bridgehead atoms. The second-order valence-electron chi connectivity index (χ2n) is 5.57. The van der Waals surface area contributed by atoms with E-state index in [1.807, 2.05) is 0 Å². The van der Waals surface area contributed by atoms with Crippen LogP contribution in [0.3, 0.4) is 0 Å². The number of hydrogen-bond acceptors (Lipinski definition) is 2. The molecular formula is C16H21FO2. The summed E-state index contributed by atoms with van der Waals surface area (Å²) >= 11 is 0. The summed E-state index contributed by atoms with van der Waals surface area (Å²) in [6.07, 6.45) is 1.28. The first-order valence-electron chi connectivity index (χ1n) is 6.44. The Labute approximate surface area is 114 Å². The summed E-state index contributed by atoms with van der Waals surface area (Å²) in [5.74, 6) is 5.84. The van der Waals surface area contributed by atoms with Crippen LogP contribution in [0.15, 0.2) is 18.2 Å². The Bertz CT molecular complexity index is 464. The normalized spacial score (nSPS) is 10.8. The van der Waals surface area contributed by atoms with E-state index in [0.29, 0.717) is 24.3 Å². The van der Waals surface area contributed by atoms with Crippen molar-refractivity contribution in [3.63, 3.8) is 0 Å². The van der Waals surface area contributed by atoms with E-state index in [4.69, 9.17) is 9.84 Å². The van der Waals surface area contributed by atoms with Gasteiger partial charge in [-0.1, -0.05) is 32.6 Å². The van der Waals surface area contributed by atoms with Crippen molar-refractivity contribution in [3.05, 3.63) is 29.6 Å². The summed E-state index contributed by atoms with van der Waals surface area (Å²) in [7, 11) is 0. The molecule has 0 fully saturated rings. The Hall–Kier alpha value is -1.53. The predicted molar refractivity (Wildman–Crippen MR) is 74.5 cm³/mol. The molecule has 0 saturated carbocycles. The molecule has 1 N–H and O–H groups in total. The van der Waals surface area contributed by atoms with Gasteiger partial charge < -0.3 is 9.84 Å². The van der Waals surface area contributed by atoms with Gasteiger partial charge in [0.1, 0.15) is 11.6 Å². The number of rotatable bonds is 4. The Kier molecular flexibility index (Phi) is 5.85. The minimum Gasteiger partial charge on any atom is -0.492 e. The third-order valence-corrected chi connectivity index (χ3v) is 2.51. The fourth-order valence-corrected chi connectivity index (χ4v) is 1.40. The van der Waals surface area contributed by atoms with Crippen LogP contribution in [0.2, 0.25) is 0 Å². The highest BCUT2D eigenvalue weighted by atomic mass is 19.1. The van der Waals surface area contributed by atoms with Gasteiger partial charge in [0, 0.05) is 12.5 Å². The summed E-state index contributed by atoms with van der Waals surface area (Å²) in [6.45, 7) is 6.94. The highest BCUT2D eigenvalue weighted by molar-refractivity contribution is 5.46. The van der Waals surface area contributed by atoms with Gasteiger partial charge in [0.05, 0.1) is 18.8 Å². The average molecular weight is 264 g/mol. The van der Waals surface area contributed by atoms with Gasteiger partial charge in [-0.2, -0.15) is 0 Å². The molecule has 0 amide bonds. The van der Waals surface area contributed by atoms with E-state index in [1.54, 1.807) is 6.07 Å². The number of halogens is 1. The molecule has 2 nitrogen and oxygen atoms in total. The molecule has 0 aliphatic rings. The molecule has 3 heteroatoms. The second-order valence-corrected chi connectivity index (χ2v) is 5.57. The van der Waals surface area contributed by atoms with Gasteiger partial charge in [-0.25, -0.2) is 4.39 Å². The van der Waals surface area contributed by atoms with Gasteiger partial charge in [-0.3, -0.25) is 0 Å². The standard InChI is InChI=1S/C16H21FO2/c1-16(2,3)9-11-19-15-12-14(17)8-7-13(15)6-4-5-10-18/h7-8,12,18H,5,9-11H2,1-3H3. The molecule has 1 aromatic carbocycles. The average Bonchev–Trinajstić information content (AvgIpc) is 2.30. The number of aliphatic hydroxyl groups excluding tert-OH is 1. The molecule has 0 aliphatic heterocycles. The topological polar surface area (TPSA) is 29.5 Å². The summed E-state index contributed by atoms with van der Waals surface area (Å²) in [5, 5.41) is 8.69. The fourth-order valence-electron chi connectivity index (χ4n) is 1.40. The Morgan fingerprint density at radius 2 is 2.05 bits per heavy atom. The van der Waals surface area contributed by atoms with Crippen LogP contribution in [0.25, 0.3) is 0 Å². The van der Waals surface area contributed by atoms with Gasteiger partial charge in [0.2, 0.25) is 0 Å².